The number of aliphatic carboxylic acids is 1. The molecule has 3 unspecified atom stereocenters. The van der Waals surface area contributed by atoms with Crippen molar-refractivity contribution in [1.82, 2.24) is 10.1 Å². The minimum Gasteiger partial charge on any atom is -0.494 e. The van der Waals surface area contributed by atoms with Crippen LogP contribution in [-0.4, -0.2) is 33.9 Å². The summed E-state index contributed by atoms with van der Waals surface area (Å²) in [6.07, 6.45) is 2.06. The number of aromatic nitrogens is 2. The number of hydrogen-bond acceptors (Lipinski definition) is 7. The number of ether oxygens (including phenoxy) is 1. The number of carbonyl (C=O) groups is 1. The van der Waals surface area contributed by atoms with Gasteiger partial charge in [-0.05, 0) is 67.6 Å². The Kier molecular flexibility index (Phi) is 5.02. The summed E-state index contributed by atoms with van der Waals surface area (Å²) in [4.78, 5) is 15.7. The van der Waals surface area contributed by atoms with Gasteiger partial charge in [0.05, 0.1) is 24.7 Å². The number of anilines is 1. The maximum atomic E-state index is 11.2. The smallest absolute Gasteiger partial charge is 0.303 e. The standard InChI is InChI=1S/C24H22N4O4/c1-2-31-17-8-13(12-25)7-16(9-17)24-27-23(28-32-24)15-4-6-20-19(10-15)18-5-3-14(11-21(29)30)22(18)26-20/h4,6-10,14,18,22,26H,2-3,5,11H2,1H3,(H,29,30). The molecule has 0 radical (unpaired) electrons. The van der Waals surface area contributed by atoms with Crippen molar-refractivity contribution in [2.45, 2.75) is 38.1 Å². The molecule has 0 spiro atoms. The van der Waals surface area contributed by atoms with E-state index < -0.39 is 5.97 Å². The third-order valence-electron chi connectivity index (χ3n) is 6.28. The van der Waals surface area contributed by atoms with E-state index in [1.165, 1.54) is 5.56 Å². The summed E-state index contributed by atoms with van der Waals surface area (Å²) in [5.74, 6) is 1.04. The van der Waals surface area contributed by atoms with Crippen molar-refractivity contribution in [2.75, 3.05) is 11.9 Å². The highest BCUT2D eigenvalue weighted by Crippen LogP contribution is 2.49. The van der Waals surface area contributed by atoms with Crippen LogP contribution in [0.1, 0.15) is 43.2 Å². The first-order valence-corrected chi connectivity index (χ1v) is 10.7. The number of carboxylic acid groups (broad SMARTS) is 1. The second kappa shape index (κ2) is 8.00. The van der Waals surface area contributed by atoms with E-state index >= 15 is 0 Å². The highest BCUT2D eigenvalue weighted by Gasteiger charge is 2.43. The third-order valence-corrected chi connectivity index (χ3v) is 6.28. The summed E-state index contributed by atoms with van der Waals surface area (Å²) in [6.45, 7) is 2.37. The van der Waals surface area contributed by atoms with Gasteiger partial charge in [0.1, 0.15) is 5.75 Å². The number of benzene rings is 2. The molecule has 2 heterocycles. The van der Waals surface area contributed by atoms with Crippen molar-refractivity contribution in [3.63, 3.8) is 0 Å². The quantitative estimate of drug-likeness (QED) is 0.589. The molecule has 2 aromatic carbocycles. The molecule has 1 aliphatic heterocycles. The van der Waals surface area contributed by atoms with E-state index in [9.17, 15) is 15.2 Å². The lowest BCUT2D eigenvalue weighted by Crippen LogP contribution is -2.25. The zero-order valence-electron chi connectivity index (χ0n) is 17.5. The number of fused-ring (bicyclic) bond motifs is 3. The largest absolute Gasteiger partial charge is 0.494 e. The molecule has 0 saturated heterocycles. The molecule has 32 heavy (non-hydrogen) atoms. The highest BCUT2D eigenvalue weighted by molar-refractivity contribution is 5.71. The average molecular weight is 430 g/mol. The number of nitriles is 1. The van der Waals surface area contributed by atoms with Crippen molar-refractivity contribution in [2.24, 2.45) is 5.92 Å². The number of carboxylic acids is 1. The molecule has 3 atom stereocenters. The van der Waals surface area contributed by atoms with Crippen LogP contribution in [0.25, 0.3) is 22.8 Å². The molecular formula is C24H22N4O4. The minimum absolute atomic E-state index is 0.136. The van der Waals surface area contributed by atoms with Gasteiger partial charge in [0.25, 0.3) is 5.89 Å². The van der Waals surface area contributed by atoms with E-state index in [0.717, 1.165) is 24.1 Å². The van der Waals surface area contributed by atoms with Crippen molar-refractivity contribution >= 4 is 11.7 Å². The summed E-state index contributed by atoms with van der Waals surface area (Å²) in [6, 6.07) is 13.4. The predicted octanol–water partition coefficient (Wildman–Crippen LogP) is 4.44. The van der Waals surface area contributed by atoms with Crippen LogP contribution in [0, 0.1) is 17.2 Å². The zero-order valence-corrected chi connectivity index (χ0v) is 17.5. The van der Waals surface area contributed by atoms with Crippen LogP contribution in [0.5, 0.6) is 5.75 Å². The normalized spacial score (nSPS) is 20.8. The Balaban J connectivity index is 1.42. The predicted molar refractivity (Wildman–Crippen MR) is 116 cm³/mol. The van der Waals surface area contributed by atoms with Crippen LogP contribution in [0.4, 0.5) is 5.69 Å². The van der Waals surface area contributed by atoms with Crippen LogP contribution in [-0.2, 0) is 4.79 Å². The molecule has 1 aliphatic carbocycles. The number of hydrogen-bond donors (Lipinski definition) is 2. The molecule has 8 heteroatoms. The second-order valence-electron chi connectivity index (χ2n) is 8.23. The Labute approximate surface area is 184 Å². The first-order valence-electron chi connectivity index (χ1n) is 10.7. The van der Waals surface area contributed by atoms with Crippen molar-refractivity contribution in [3.05, 3.63) is 47.5 Å². The molecule has 1 fully saturated rings. The molecule has 2 aliphatic rings. The second-order valence-corrected chi connectivity index (χ2v) is 8.23. The Morgan fingerprint density at radius 3 is 2.94 bits per heavy atom. The van der Waals surface area contributed by atoms with Crippen LogP contribution in [0.2, 0.25) is 0 Å². The topological polar surface area (TPSA) is 121 Å². The van der Waals surface area contributed by atoms with Gasteiger partial charge in [0.2, 0.25) is 5.82 Å². The number of rotatable bonds is 6. The summed E-state index contributed by atoms with van der Waals surface area (Å²) >= 11 is 0. The maximum absolute atomic E-state index is 11.2. The Hall–Kier alpha value is -3.86. The van der Waals surface area contributed by atoms with Gasteiger partial charge in [-0.15, -0.1) is 0 Å². The molecule has 0 amide bonds. The summed E-state index contributed by atoms with van der Waals surface area (Å²) < 4.78 is 11.0. The lowest BCUT2D eigenvalue weighted by molar-refractivity contribution is -0.138. The Morgan fingerprint density at radius 1 is 1.28 bits per heavy atom. The van der Waals surface area contributed by atoms with Crippen LogP contribution < -0.4 is 10.1 Å². The van der Waals surface area contributed by atoms with Gasteiger partial charge in [-0.1, -0.05) is 5.16 Å². The van der Waals surface area contributed by atoms with E-state index in [-0.39, 0.29) is 18.4 Å². The van der Waals surface area contributed by atoms with Gasteiger partial charge in [-0.3, -0.25) is 4.79 Å². The van der Waals surface area contributed by atoms with E-state index in [1.807, 2.05) is 19.1 Å². The Morgan fingerprint density at radius 2 is 2.16 bits per heavy atom. The molecular weight excluding hydrogens is 408 g/mol. The van der Waals surface area contributed by atoms with E-state index in [0.29, 0.717) is 41.1 Å². The van der Waals surface area contributed by atoms with Crippen LogP contribution in [0.15, 0.2) is 40.9 Å². The van der Waals surface area contributed by atoms with Crippen molar-refractivity contribution in [3.8, 4) is 34.7 Å². The van der Waals surface area contributed by atoms with Crippen LogP contribution >= 0.6 is 0 Å². The molecule has 5 rings (SSSR count). The van der Waals surface area contributed by atoms with Gasteiger partial charge < -0.3 is 19.7 Å². The number of nitrogens with zero attached hydrogens (tertiary/aromatic N) is 3. The molecule has 0 bridgehead atoms. The van der Waals surface area contributed by atoms with Gasteiger partial charge in [-0.2, -0.15) is 10.2 Å². The van der Waals surface area contributed by atoms with E-state index in [1.54, 1.807) is 18.2 Å². The van der Waals surface area contributed by atoms with Gasteiger partial charge in [0, 0.05) is 28.8 Å². The molecule has 8 nitrogen and oxygen atoms in total. The maximum Gasteiger partial charge on any atom is 0.303 e. The monoisotopic (exact) mass is 430 g/mol. The fourth-order valence-electron chi connectivity index (χ4n) is 4.92. The van der Waals surface area contributed by atoms with Gasteiger partial charge in [0.15, 0.2) is 0 Å². The van der Waals surface area contributed by atoms with Gasteiger partial charge >= 0.3 is 5.97 Å². The minimum atomic E-state index is -0.749. The van der Waals surface area contributed by atoms with Crippen molar-refractivity contribution < 1.29 is 19.2 Å². The van der Waals surface area contributed by atoms with Crippen molar-refractivity contribution in [1.29, 1.82) is 5.26 Å². The fraction of sp³-hybridized carbons (Fsp3) is 0.333. The molecule has 1 saturated carbocycles. The fourth-order valence-corrected chi connectivity index (χ4v) is 4.92. The zero-order chi connectivity index (χ0) is 22.2. The van der Waals surface area contributed by atoms with Crippen LogP contribution in [0.3, 0.4) is 0 Å². The highest BCUT2D eigenvalue weighted by atomic mass is 16.5. The lowest BCUT2D eigenvalue weighted by Gasteiger charge is -2.17. The lowest BCUT2D eigenvalue weighted by atomic mass is 9.93. The number of nitrogens with one attached hydrogen (secondary N) is 1. The molecule has 162 valence electrons. The first-order chi connectivity index (χ1) is 15.6. The summed E-state index contributed by atoms with van der Waals surface area (Å²) in [7, 11) is 0. The van der Waals surface area contributed by atoms with Gasteiger partial charge in [-0.25, -0.2) is 0 Å². The third kappa shape index (κ3) is 3.56. The molecule has 3 aromatic rings. The van der Waals surface area contributed by atoms with E-state index in [2.05, 4.69) is 27.6 Å². The molecule has 1 aromatic heterocycles. The summed E-state index contributed by atoms with van der Waals surface area (Å²) in [5.41, 5.74) is 4.14. The SMILES string of the molecule is CCOc1cc(C#N)cc(-c2nc(-c3ccc4c(c3)C3CCC(CC(=O)O)C3N4)no2)c1. The summed E-state index contributed by atoms with van der Waals surface area (Å²) in [5, 5.41) is 26.2. The Bertz CT molecular complexity index is 1230. The first kappa shape index (κ1) is 20.1. The van der Waals surface area contributed by atoms with E-state index in [4.69, 9.17) is 9.26 Å². The average Bonchev–Trinajstić information content (AvgIpc) is 3.49. The molecule has 2 N–H and O–H groups in total.